The molecule has 0 atom stereocenters. The SMILES string of the molecule is CCNC(=NCc1ccnc(N2CCN(CC)CC2)c1)NCCc1ccccn1.I. The number of piperazine rings is 1. The van der Waals surface area contributed by atoms with E-state index in [1.807, 2.05) is 36.7 Å². The van der Waals surface area contributed by atoms with E-state index < -0.39 is 0 Å². The van der Waals surface area contributed by atoms with Gasteiger partial charge in [0.15, 0.2) is 5.96 Å². The van der Waals surface area contributed by atoms with Gasteiger partial charge in [0, 0.05) is 63.8 Å². The molecule has 164 valence electrons. The molecule has 0 amide bonds. The van der Waals surface area contributed by atoms with Gasteiger partial charge in [0.25, 0.3) is 0 Å². The smallest absolute Gasteiger partial charge is 0.191 e. The number of guanidine groups is 1. The molecule has 8 heteroatoms. The number of nitrogens with zero attached hydrogens (tertiary/aromatic N) is 5. The van der Waals surface area contributed by atoms with Crippen molar-refractivity contribution in [2.24, 2.45) is 4.99 Å². The Hall–Kier alpha value is -1.94. The summed E-state index contributed by atoms with van der Waals surface area (Å²) in [6.07, 6.45) is 4.60. The zero-order valence-corrected chi connectivity index (χ0v) is 20.4. The van der Waals surface area contributed by atoms with Crippen molar-refractivity contribution in [3.63, 3.8) is 0 Å². The van der Waals surface area contributed by atoms with Crippen LogP contribution in [0.4, 0.5) is 5.82 Å². The van der Waals surface area contributed by atoms with E-state index >= 15 is 0 Å². The predicted octanol–water partition coefficient (Wildman–Crippen LogP) is 2.53. The van der Waals surface area contributed by atoms with Crippen molar-refractivity contribution in [1.29, 1.82) is 0 Å². The molecule has 1 fully saturated rings. The monoisotopic (exact) mass is 523 g/mol. The molecule has 0 aromatic carbocycles. The molecular weight excluding hydrogens is 489 g/mol. The van der Waals surface area contributed by atoms with Crippen LogP contribution in [0.25, 0.3) is 0 Å². The third kappa shape index (κ3) is 7.71. The van der Waals surface area contributed by atoms with E-state index in [-0.39, 0.29) is 24.0 Å². The van der Waals surface area contributed by atoms with Crippen LogP contribution in [0.15, 0.2) is 47.7 Å². The normalized spacial score (nSPS) is 14.9. The van der Waals surface area contributed by atoms with E-state index in [0.29, 0.717) is 6.54 Å². The van der Waals surface area contributed by atoms with Crippen molar-refractivity contribution >= 4 is 35.8 Å². The molecule has 0 saturated carbocycles. The molecule has 0 bridgehead atoms. The van der Waals surface area contributed by atoms with Crippen molar-refractivity contribution in [1.82, 2.24) is 25.5 Å². The Balaban J connectivity index is 0.00000320. The minimum absolute atomic E-state index is 0. The lowest BCUT2D eigenvalue weighted by molar-refractivity contribution is 0.270. The number of anilines is 1. The van der Waals surface area contributed by atoms with Gasteiger partial charge in [0.2, 0.25) is 0 Å². The fourth-order valence-corrected chi connectivity index (χ4v) is 3.39. The Morgan fingerprint density at radius 2 is 1.87 bits per heavy atom. The summed E-state index contributed by atoms with van der Waals surface area (Å²) >= 11 is 0. The van der Waals surface area contributed by atoms with Gasteiger partial charge >= 0.3 is 0 Å². The van der Waals surface area contributed by atoms with Gasteiger partial charge < -0.3 is 20.4 Å². The number of aliphatic imine (C=N–C) groups is 1. The van der Waals surface area contributed by atoms with Crippen molar-refractivity contribution < 1.29 is 0 Å². The van der Waals surface area contributed by atoms with Crippen molar-refractivity contribution in [3.8, 4) is 0 Å². The summed E-state index contributed by atoms with van der Waals surface area (Å²) in [5, 5.41) is 6.71. The summed E-state index contributed by atoms with van der Waals surface area (Å²) in [5.74, 6) is 1.89. The highest BCUT2D eigenvalue weighted by Gasteiger charge is 2.16. The van der Waals surface area contributed by atoms with E-state index in [9.17, 15) is 0 Å². The van der Waals surface area contributed by atoms with Crippen LogP contribution >= 0.6 is 24.0 Å². The van der Waals surface area contributed by atoms with E-state index in [1.165, 1.54) is 5.56 Å². The second-order valence-electron chi connectivity index (χ2n) is 7.14. The first-order valence-corrected chi connectivity index (χ1v) is 10.6. The van der Waals surface area contributed by atoms with Crippen LogP contribution in [0.1, 0.15) is 25.1 Å². The number of hydrogen-bond acceptors (Lipinski definition) is 5. The first-order chi connectivity index (χ1) is 14.3. The Kier molecular flexibility index (Phi) is 10.9. The van der Waals surface area contributed by atoms with Gasteiger partial charge in [-0.1, -0.05) is 13.0 Å². The van der Waals surface area contributed by atoms with Crippen molar-refractivity contribution in [3.05, 3.63) is 54.0 Å². The number of halogens is 1. The number of hydrogen-bond donors (Lipinski definition) is 2. The zero-order valence-electron chi connectivity index (χ0n) is 18.0. The highest BCUT2D eigenvalue weighted by Crippen LogP contribution is 2.15. The third-order valence-corrected chi connectivity index (χ3v) is 5.12. The molecule has 0 spiro atoms. The minimum Gasteiger partial charge on any atom is -0.357 e. The molecule has 3 rings (SSSR count). The first kappa shape index (κ1) is 24.3. The number of rotatable bonds is 8. The zero-order chi connectivity index (χ0) is 20.3. The summed E-state index contributed by atoms with van der Waals surface area (Å²) in [4.78, 5) is 18.5. The minimum atomic E-state index is 0. The highest BCUT2D eigenvalue weighted by molar-refractivity contribution is 14.0. The molecule has 0 radical (unpaired) electrons. The van der Waals surface area contributed by atoms with Gasteiger partial charge in [-0.2, -0.15) is 0 Å². The average molecular weight is 523 g/mol. The Labute approximate surface area is 197 Å². The lowest BCUT2D eigenvalue weighted by Crippen LogP contribution is -2.46. The molecule has 30 heavy (non-hydrogen) atoms. The van der Waals surface area contributed by atoms with Gasteiger partial charge in [-0.3, -0.25) is 4.98 Å². The summed E-state index contributed by atoms with van der Waals surface area (Å²) in [5.41, 5.74) is 2.26. The van der Waals surface area contributed by atoms with Crippen LogP contribution in [0.2, 0.25) is 0 Å². The standard InChI is InChI=1S/C22H33N7.HI/c1-3-23-22(26-12-9-20-7-5-6-10-24-20)27-18-19-8-11-25-21(17-19)29-15-13-28(4-2)14-16-29;/h5-8,10-11,17H,3-4,9,12-16,18H2,1-2H3,(H2,23,26,27);1H. The van der Waals surface area contributed by atoms with Crippen molar-refractivity contribution in [2.75, 3.05) is 50.7 Å². The summed E-state index contributed by atoms with van der Waals surface area (Å²) in [6.45, 7) is 12.0. The maximum atomic E-state index is 4.75. The van der Waals surface area contributed by atoms with Crippen LogP contribution in [0.3, 0.4) is 0 Å². The van der Waals surface area contributed by atoms with Crippen LogP contribution in [-0.4, -0.2) is 66.6 Å². The molecule has 2 aromatic rings. The van der Waals surface area contributed by atoms with Gasteiger partial charge in [0.1, 0.15) is 5.82 Å². The van der Waals surface area contributed by atoms with Gasteiger partial charge in [-0.15, -0.1) is 24.0 Å². The maximum absolute atomic E-state index is 4.75. The number of pyridine rings is 2. The number of aromatic nitrogens is 2. The molecular formula is C22H34IN7. The number of likely N-dealkylation sites (N-methyl/N-ethyl adjacent to an activating group) is 1. The Bertz CT molecular complexity index is 761. The topological polar surface area (TPSA) is 68.7 Å². The van der Waals surface area contributed by atoms with Crippen LogP contribution < -0.4 is 15.5 Å². The lowest BCUT2D eigenvalue weighted by atomic mass is 10.2. The quantitative estimate of drug-likeness (QED) is 0.315. The molecule has 0 unspecified atom stereocenters. The predicted molar refractivity (Wildman–Crippen MR) is 135 cm³/mol. The third-order valence-electron chi connectivity index (χ3n) is 5.12. The van der Waals surface area contributed by atoms with E-state index in [4.69, 9.17) is 4.99 Å². The molecule has 2 aromatic heterocycles. The molecule has 3 heterocycles. The van der Waals surface area contributed by atoms with Crippen LogP contribution in [0, 0.1) is 0 Å². The Morgan fingerprint density at radius 3 is 2.57 bits per heavy atom. The van der Waals surface area contributed by atoms with Crippen LogP contribution in [-0.2, 0) is 13.0 Å². The van der Waals surface area contributed by atoms with E-state index in [0.717, 1.165) is 69.7 Å². The summed E-state index contributed by atoms with van der Waals surface area (Å²) < 4.78 is 0. The molecule has 1 aliphatic rings. The second-order valence-corrected chi connectivity index (χ2v) is 7.14. The van der Waals surface area contributed by atoms with E-state index in [2.05, 4.69) is 50.3 Å². The molecule has 1 aliphatic heterocycles. The summed E-state index contributed by atoms with van der Waals surface area (Å²) in [7, 11) is 0. The maximum Gasteiger partial charge on any atom is 0.191 e. The second kappa shape index (κ2) is 13.4. The first-order valence-electron chi connectivity index (χ1n) is 10.6. The van der Waals surface area contributed by atoms with E-state index in [1.54, 1.807) is 0 Å². The summed E-state index contributed by atoms with van der Waals surface area (Å²) in [6, 6.07) is 10.2. The lowest BCUT2D eigenvalue weighted by Gasteiger charge is -2.34. The highest BCUT2D eigenvalue weighted by atomic mass is 127. The van der Waals surface area contributed by atoms with Gasteiger partial charge in [0.05, 0.1) is 6.54 Å². The molecule has 1 saturated heterocycles. The van der Waals surface area contributed by atoms with Gasteiger partial charge in [-0.05, 0) is 43.3 Å². The average Bonchev–Trinajstić information content (AvgIpc) is 2.78. The molecule has 7 nitrogen and oxygen atoms in total. The molecule has 2 N–H and O–H groups in total. The van der Waals surface area contributed by atoms with Crippen LogP contribution in [0.5, 0.6) is 0 Å². The Morgan fingerprint density at radius 1 is 1.03 bits per heavy atom. The van der Waals surface area contributed by atoms with Gasteiger partial charge in [-0.25, -0.2) is 9.98 Å². The fourth-order valence-electron chi connectivity index (χ4n) is 3.39. The van der Waals surface area contributed by atoms with Crippen molar-refractivity contribution in [2.45, 2.75) is 26.8 Å². The number of nitrogens with one attached hydrogen (secondary N) is 2. The molecule has 0 aliphatic carbocycles. The largest absolute Gasteiger partial charge is 0.357 e. The fraction of sp³-hybridized carbons (Fsp3) is 0.500.